The molecule has 1 saturated heterocycles. The number of halogens is 1. The minimum absolute atomic E-state index is 0.0305. The molecule has 0 radical (unpaired) electrons. The van der Waals surface area contributed by atoms with Crippen molar-refractivity contribution >= 4 is 16.6 Å². The smallest absolute Gasteiger partial charge is 0.187 e. The van der Waals surface area contributed by atoms with Gasteiger partial charge in [-0.3, -0.25) is 4.40 Å². The number of benzene rings is 1. The van der Waals surface area contributed by atoms with Gasteiger partial charge in [0.15, 0.2) is 11.5 Å². The summed E-state index contributed by atoms with van der Waals surface area (Å²) in [5.41, 5.74) is 0.977. The number of piperidine rings is 1. The van der Waals surface area contributed by atoms with Crippen molar-refractivity contribution in [1.29, 1.82) is 0 Å². The predicted octanol–water partition coefficient (Wildman–Crippen LogP) is 3.12. The number of fused-ring (bicyclic) bond motifs is 2. The van der Waals surface area contributed by atoms with Crippen LogP contribution in [0.4, 0.5) is 4.39 Å². The van der Waals surface area contributed by atoms with Gasteiger partial charge in [0, 0.05) is 31.2 Å². The van der Waals surface area contributed by atoms with E-state index in [1.54, 1.807) is 0 Å². The molecule has 1 N–H and O–H groups in total. The fourth-order valence-corrected chi connectivity index (χ4v) is 4.01. The van der Waals surface area contributed by atoms with Crippen molar-refractivity contribution in [3.63, 3.8) is 0 Å². The molecule has 1 aromatic carbocycles. The largest absolute Gasteiger partial charge is 0.490 e. The van der Waals surface area contributed by atoms with Crippen LogP contribution in [0.3, 0.4) is 0 Å². The van der Waals surface area contributed by atoms with Crippen molar-refractivity contribution in [3.05, 3.63) is 54.7 Å². The number of pyridine rings is 2. The Hall–Kier alpha value is -3.10. The Labute approximate surface area is 179 Å². The fraction of sp³-hybridized carbons (Fsp3) is 0.348. The van der Waals surface area contributed by atoms with Gasteiger partial charge in [-0.25, -0.2) is 9.37 Å². The third-order valence-electron chi connectivity index (χ3n) is 5.87. The quantitative estimate of drug-likeness (QED) is 0.516. The first-order valence-corrected chi connectivity index (χ1v) is 10.5. The van der Waals surface area contributed by atoms with Crippen LogP contribution in [0.1, 0.15) is 12.8 Å². The molecule has 0 aliphatic carbocycles. The summed E-state index contributed by atoms with van der Waals surface area (Å²) in [5, 5.41) is 18.4. The first-order valence-electron chi connectivity index (χ1n) is 10.5. The first kappa shape index (κ1) is 19.8. The van der Waals surface area contributed by atoms with E-state index in [9.17, 15) is 0 Å². The average molecular weight is 421 g/mol. The zero-order valence-corrected chi connectivity index (χ0v) is 17.1. The Bertz CT molecular complexity index is 1200. The van der Waals surface area contributed by atoms with Crippen LogP contribution >= 0.6 is 0 Å². The van der Waals surface area contributed by atoms with Gasteiger partial charge in [-0.2, -0.15) is 0 Å². The molecule has 0 amide bonds. The first-order chi connectivity index (χ1) is 15.1. The number of aromatic nitrogens is 4. The van der Waals surface area contributed by atoms with Gasteiger partial charge in [0.25, 0.3) is 0 Å². The summed E-state index contributed by atoms with van der Waals surface area (Å²) < 4.78 is 22.8. The monoisotopic (exact) mass is 421 g/mol. The molecular formula is C23H24FN5O2. The molecule has 7 nitrogen and oxygen atoms in total. The van der Waals surface area contributed by atoms with Crippen LogP contribution in [0, 0.1) is 0 Å². The highest BCUT2D eigenvalue weighted by atomic mass is 19.1. The number of ether oxygens (including phenoxy) is 1. The van der Waals surface area contributed by atoms with Gasteiger partial charge in [-0.05, 0) is 49.2 Å². The molecule has 31 heavy (non-hydrogen) atoms. The average Bonchev–Trinajstić information content (AvgIpc) is 3.23. The number of nitrogens with zero attached hydrogens (tertiary/aromatic N) is 5. The molecule has 0 saturated carbocycles. The zero-order chi connectivity index (χ0) is 21.3. The van der Waals surface area contributed by atoms with Crippen molar-refractivity contribution in [3.8, 4) is 17.3 Å². The number of rotatable bonds is 6. The van der Waals surface area contributed by atoms with Crippen LogP contribution < -0.4 is 4.74 Å². The Balaban J connectivity index is 1.30. The van der Waals surface area contributed by atoms with Crippen LogP contribution in [0.25, 0.3) is 28.1 Å². The molecule has 1 aliphatic heterocycles. The molecule has 0 unspecified atom stereocenters. The number of aliphatic hydroxyl groups is 1. The third-order valence-corrected chi connectivity index (χ3v) is 5.87. The normalized spacial score (nSPS) is 16.7. The van der Waals surface area contributed by atoms with Crippen LogP contribution in [0.5, 0.6) is 5.75 Å². The zero-order valence-electron chi connectivity index (χ0n) is 17.1. The molecule has 0 spiro atoms. The highest BCUT2D eigenvalue weighted by Gasteiger charge is 2.35. The molecule has 1 fully saturated rings. The number of hydrogen-bond acceptors (Lipinski definition) is 6. The second kappa shape index (κ2) is 8.20. The minimum Gasteiger partial charge on any atom is -0.490 e. The highest BCUT2D eigenvalue weighted by Crippen LogP contribution is 2.29. The lowest BCUT2D eigenvalue weighted by Crippen LogP contribution is -2.45. The lowest BCUT2D eigenvalue weighted by molar-refractivity contribution is 0.0135. The number of β-amino-alcohol motifs (C(OH)–C–C–N with tert-alkyl or cyclic N) is 1. The van der Waals surface area contributed by atoms with E-state index in [1.807, 2.05) is 59.1 Å². The summed E-state index contributed by atoms with van der Waals surface area (Å²) in [6, 6.07) is 15.2. The highest BCUT2D eigenvalue weighted by molar-refractivity contribution is 5.82. The van der Waals surface area contributed by atoms with E-state index in [1.165, 1.54) is 0 Å². The van der Waals surface area contributed by atoms with Crippen molar-refractivity contribution < 1.29 is 14.2 Å². The van der Waals surface area contributed by atoms with Gasteiger partial charge in [-0.1, -0.05) is 12.1 Å². The van der Waals surface area contributed by atoms with Gasteiger partial charge in [0.1, 0.15) is 23.7 Å². The molecule has 1 aliphatic rings. The van der Waals surface area contributed by atoms with Gasteiger partial charge < -0.3 is 14.7 Å². The van der Waals surface area contributed by atoms with E-state index in [0.29, 0.717) is 44.0 Å². The summed E-state index contributed by atoms with van der Waals surface area (Å²) in [6.45, 7) is 2.02. The Morgan fingerprint density at radius 2 is 1.94 bits per heavy atom. The molecule has 0 bridgehead atoms. The Kier molecular flexibility index (Phi) is 5.25. The standard InChI is InChI=1S/C23H24FN5O2/c24-23(8-11-28(12-9-23)13-14-30)16-31-18-5-7-19-17(15-18)4-6-20(25-19)22-27-26-21-3-1-2-10-29(21)22/h1-7,10,15,30H,8-9,11-14,16H2. The second-order valence-electron chi connectivity index (χ2n) is 8.01. The molecule has 0 atom stereocenters. The topological polar surface area (TPSA) is 75.8 Å². The molecule has 8 heteroatoms. The molecule has 160 valence electrons. The maximum absolute atomic E-state index is 15.1. The molecule has 5 rings (SSSR count). The van der Waals surface area contributed by atoms with E-state index >= 15 is 4.39 Å². The van der Waals surface area contributed by atoms with Crippen molar-refractivity contribution in [1.82, 2.24) is 24.5 Å². The predicted molar refractivity (Wildman–Crippen MR) is 116 cm³/mol. The summed E-state index contributed by atoms with van der Waals surface area (Å²) in [5.74, 6) is 1.31. The Morgan fingerprint density at radius 3 is 2.77 bits per heavy atom. The van der Waals surface area contributed by atoms with E-state index in [0.717, 1.165) is 22.2 Å². The minimum atomic E-state index is -1.34. The van der Waals surface area contributed by atoms with E-state index in [-0.39, 0.29) is 13.2 Å². The lowest BCUT2D eigenvalue weighted by Gasteiger charge is -2.35. The van der Waals surface area contributed by atoms with Crippen LogP contribution in [0.15, 0.2) is 54.7 Å². The number of hydrogen-bond donors (Lipinski definition) is 1. The number of alkyl halides is 1. The van der Waals surface area contributed by atoms with Crippen LogP contribution in [-0.2, 0) is 0 Å². The molecule has 4 aromatic rings. The van der Waals surface area contributed by atoms with E-state index in [2.05, 4.69) is 15.1 Å². The maximum atomic E-state index is 15.1. The number of aliphatic hydroxyl groups excluding tert-OH is 1. The van der Waals surface area contributed by atoms with E-state index < -0.39 is 5.67 Å². The molecule has 4 heterocycles. The van der Waals surface area contributed by atoms with Gasteiger partial charge in [0.05, 0.1) is 12.1 Å². The van der Waals surface area contributed by atoms with Crippen LogP contribution in [0.2, 0.25) is 0 Å². The van der Waals surface area contributed by atoms with Crippen LogP contribution in [-0.4, -0.2) is 68.1 Å². The fourth-order valence-electron chi connectivity index (χ4n) is 4.01. The van der Waals surface area contributed by atoms with Gasteiger partial charge in [-0.15, -0.1) is 10.2 Å². The molecular weight excluding hydrogens is 397 g/mol. The summed E-state index contributed by atoms with van der Waals surface area (Å²) in [6.07, 6.45) is 2.74. The van der Waals surface area contributed by atoms with Crippen molar-refractivity contribution in [2.24, 2.45) is 0 Å². The summed E-state index contributed by atoms with van der Waals surface area (Å²) in [7, 11) is 0. The maximum Gasteiger partial charge on any atom is 0.187 e. The van der Waals surface area contributed by atoms with Crippen molar-refractivity contribution in [2.75, 3.05) is 32.8 Å². The second-order valence-corrected chi connectivity index (χ2v) is 8.01. The lowest BCUT2D eigenvalue weighted by atomic mass is 9.94. The Morgan fingerprint density at radius 1 is 1.06 bits per heavy atom. The number of likely N-dealkylation sites (tertiary alicyclic amines) is 1. The van der Waals surface area contributed by atoms with Gasteiger partial charge >= 0.3 is 0 Å². The third kappa shape index (κ3) is 4.08. The van der Waals surface area contributed by atoms with E-state index in [4.69, 9.17) is 14.8 Å². The van der Waals surface area contributed by atoms with Gasteiger partial charge in [0.2, 0.25) is 0 Å². The summed E-state index contributed by atoms with van der Waals surface area (Å²) in [4.78, 5) is 6.80. The van der Waals surface area contributed by atoms with Crippen molar-refractivity contribution in [2.45, 2.75) is 18.5 Å². The SMILES string of the molecule is OCCN1CCC(F)(COc2ccc3nc(-c4nnc5ccccn45)ccc3c2)CC1. The summed E-state index contributed by atoms with van der Waals surface area (Å²) >= 11 is 0. The molecule has 3 aromatic heterocycles.